The van der Waals surface area contributed by atoms with Gasteiger partial charge in [0, 0.05) is 24.5 Å². The van der Waals surface area contributed by atoms with Crippen LogP contribution in [0.1, 0.15) is 45.1 Å². The molecule has 2 aliphatic rings. The molecule has 22 heavy (non-hydrogen) atoms. The molecule has 1 amide bonds. The zero-order valence-corrected chi connectivity index (χ0v) is 13.8. The first kappa shape index (κ1) is 15.3. The van der Waals surface area contributed by atoms with Crippen LogP contribution in [0.25, 0.3) is 0 Å². The highest BCUT2D eigenvalue weighted by Gasteiger charge is 2.50. The summed E-state index contributed by atoms with van der Waals surface area (Å²) < 4.78 is 5.57. The van der Waals surface area contributed by atoms with Gasteiger partial charge in [0.2, 0.25) is 0 Å². The van der Waals surface area contributed by atoms with E-state index in [2.05, 4.69) is 29.6 Å². The van der Waals surface area contributed by atoms with E-state index < -0.39 is 5.60 Å². The molecule has 4 nitrogen and oxygen atoms in total. The van der Waals surface area contributed by atoms with E-state index in [0.29, 0.717) is 5.92 Å². The van der Waals surface area contributed by atoms with E-state index in [9.17, 15) is 4.79 Å². The molecule has 0 aromatic heterocycles. The number of amides is 1. The summed E-state index contributed by atoms with van der Waals surface area (Å²) in [5.74, 6) is 0.337. The molecule has 0 radical (unpaired) electrons. The number of hydrogen-bond acceptors (Lipinski definition) is 3. The molecule has 1 N–H and O–H groups in total. The number of carbonyl (C=O) groups excluding carboxylic acids is 1. The van der Waals surface area contributed by atoms with E-state index in [1.807, 2.05) is 31.7 Å². The second kappa shape index (κ2) is 5.58. The van der Waals surface area contributed by atoms with Crippen LogP contribution in [0, 0.1) is 0 Å². The molecule has 0 bridgehead atoms. The number of benzene rings is 1. The minimum absolute atomic E-state index is 0.0122. The van der Waals surface area contributed by atoms with E-state index in [4.69, 9.17) is 4.74 Å². The van der Waals surface area contributed by atoms with Crippen molar-refractivity contribution in [3.05, 3.63) is 35.9 Å². The standard InChI is InChI=1S/C18H26N2O2/c1-17(2,3)22-16(21)20-12-15(14-8-5-4-6-9-14)18(13-20)10-7-11-19-18/h4-6,8-9,15,19H,7,10-13H2,1-3H3/t15-,18-/m1/s1. The molecule has 2 atom stereocenters. The molecule has 2 fully saturated rings. The van der Waals surface area contributed by atoms with Crippen molar-refractivity contribution in [1.82, 2.24) is 10.2 Å². The summed E-state index contributed by atoms with van der Waals surface area (Å²) in [7, 11) is 0. The van der Waals surface area contributed by atoms with E-state index in [-0.39, 0.29) is 11.6 Å². The Bertz CT molecular complexity index is 530. The summed E-state index contributed by atoms with van der Waals surface area (Å²) in [6, 6.07) is 10.5. The van der Waals surface area contributed by atoms with Crippen LogP contribution in [0.3, 0.4) is 0 Å². The van der Waals surface area contributed by atoms with E-state index in [1.165, 1.54) is 12.0 Å². The number of hydrogen-bond donors (Lipinski definition) is 1. The molecule has 0 unspecified atom stereocenters. The molecular formula is C18H26N2O2. The van der Waals surface area contributed by atoms with Crippen molar-refractivity contribution in [3.63, 3.8) is 0 Å². The lowest BCUT2D eigenvalue weighted by atomic mass is 9.81. The zero-order chi connectivity index (χ0) is 15.8. The van der Waals surface area contributed by atoms with Crippen LogP contribution in [0.4, 0.5) is 4.79 Å². The Morgan fingerprint density at radius 2 is 2.05 bits per heavy atom. The van der Waals surface area contributed by atoms with Crippen molar-refractivity contribution in [2.75, 3.05) is 19.6 Å². The molecule has 4 heteroatoms. The van der Waals surface area contributed by atoms with Gasteiger partial charge in [-0.1, -0.05) is 30.3 Å². The van der Waals surface area contributed by atoms with Gasteiger partial charge in [-0.05, 0) is 45.7 Å². The van der Waals surface area contributed by atoms with Crippen molar-refractivity contribution >= 4 is 6.09 Å². The number of nitrogens with zero attached hydrogens (tertiary/aromatic N) is 1. The van der Waals surface area contributed by atoms with Crippen molar-refractivity contribution in [3.8, 4) is 0 Å². The van der Waals surface area contributed by atoms with Gasteiger partial charge in [-0.15, -0.1) is 0 Å². The molecule has 1 spiro atoms. The maximum Gasteiger partial charge on any atom is 0.410 e. The number of rotatable bonds is 1. The van der Waals surface area contributed by atoms with Gasteiger partial charge in [-0.3, -0.25) is 0 Å². The zero-order valence-electron chi connectivity index (χ0n) is 13.8. The second-order valence-corrected chi connectivity index (χ2v) is 7.51. The van der Waals surface area contributed by atoms with Gasteiger partial charge in [-0.25, -0.2) is 4.79 Å². The Kier molecular flexibility index (Phi) is 3.89. The summed E-state index contributed by atoms with van der Waals surface area (Å²) >= 11 is 0. The van der Waals surface area contributed by atoms with Crippen molar-refractivity contribution in [2.24, 2.45) is 0 Å². The first-order valence-electron chi connectivity index (χ1n) is 8.18. The van der Waals surface area contributed by atoms with Crippen LogP contribution in [0.5, 0.6) is 0 Å². The first-order chi connectivity index (χ1) is 10.4. The van der Waals surface area contributed by atoms with Crippen molar-refractivity contribution in [1.29, 1.82) is 0 Å². The fourth-order valence-corrected chi connectivity index (χ4v) is 3.75. The smallest absolute Gasteiger partial charge is 0.410 e. The Morgan fingerprint density at radius 1 is 1.32 bits per heavy atom. The minimum Gasteiger partial charge on any atom is -0.444 e. The van der Waals surface area contributed by atoms with Crippen LogP contribution in [0.15, 0.2) is 30.3 Å². The summed E-state index contributed by atoms with van der Waals surface area (Å²) in [6.45, 7) is 8.25. The van der Waals surface area contributed by atoms with Gasteiger partial charge in [0.1, 0.15) is 5.60 Å². The molecule has 0 saturated carbocycles. The highest BCUT2D eigenvalue weighted by atomic mass is 16.6. The number of nitrogens with one attached hydrogen (secondary N) is 1. The average Bonchev–Trinajstić information content (AvgIpc) is 3.07. The molecule has 2 saturated heterocycles. The third kappa shape index (κ3) is 2.98. The lowest BCUT2D eigenvalue weighted by Crippen LogP contribution is -2.47. The predicted molar refractivity (Wildman–Crippen MR) is 87.0 cm³/mol. The molecule has 1 aromatic rings. The van der Waals surface area contributed by atoms with Crippen LogP contribution in [-0.2, 0) is 4.74 Å². The Balaban J connectivity index is 1.82. The number of carbonyl (C=O) groups is 1. The molecular weight excluding hydrogens is 276 g/mol. The fraction of sp³-hybridized carbons (Fsp3) is 0.611. The lowest BCUT2D eigenvalue weighted by Gasteiger charge is -2.30. The van der Waals surface area contributed by atoms with Crippen LogP contribution >= 0.6 is 0 Å². The fourth-order valence-electron chi connectivity index (χ4n) is 3.75. The molecule has 120 valence electrons. The van der Waals surface area contributed by atoms with Gasteiger partial charge in [-0.2, -0.15) is 0 Å². The van der Waals surface area contributed by atoms with Crippen LogP contribution in [0.2, 0.25) is 0 Å². The van der Waals surface area contributed by atoms with Gasteiger partial charge < -0.3 is 15.0 Å². The van der Waals surface area contributed by atoms with Crippen LogP contribution in [-0.4, -0.2) is 41.8 Å². The molecule has 1 aromatic carbocycles. The Morgan fingerprint density at radius 3 is 2.64 bits per heavy atom. The normalized spacial score (nSPS) is 28.3. The van der Waals surface area contributed by atoms with Gasteiger partial charge >= 0.3 is 6.09 Å². The summed E-state index contributed by atoms with van der Waals surface area (Å²) in [5, 5.41) is 3.68. The number of ether oxygens (including phenoxy) is 1. The Hall–Kier alpha value is -1.55. The first-order valence-corrected chi connectivity index (χ1v) is 8.18. The third-order valence-electron chi connectivity index (χ3n) is 4.67. The average molecular weight is 302 g/mol. The van der Waals surface area contributed by atoms with Gasteiger partial charge in [0.25, 0.3) is 0 Å². The van der Waals surface area contributed by atoms with Gasteiger partial charge in [0.05, 0.1) is 0 Å². The number of likely N-dealkylation sites (tertiary alicyclic amines) is 1. The summed E-state index contributed by atoms with van der Waals surface area (Å²) in [5.41, 5.74) is 0.874. The second-order valence-electron chi connectivity index (χ2n) is 7.51. The monoisotopic (exact) mass is 302 g/mol. The van der Waals surface area contributed by atoms with E-state index in [1.54, 1.807) is 0 Å². The predicted octanol–water partition coefficient (Wildman–Crippen LogP) is 3.14. The lowest BCUT2D eigenvalue weighted by molar-refractivity contribution is 0.0281. The molecule has 3 rings (SSSR count). The van der Waals surface area contributed by atoms with Crippen molar-refractivity contribution in [2.45, 2.75) is 50.7 Å². The Labute approximate surface area is 132 Å². The molecule has 0 aliphatic carbocycles. The van der Waals surface area contributed by atoms with Gasteiger partial charge in [0.15, 0.2) is 0 Å². The van der Waals surface area contributed by atoms with Crippen molar-refractivity contribution < 1.29 is 9.53 Å². The van der Waals surface area contributed by atoms with E-state index in [0.717, 1.165) is 26.1 Å². The minimum atomic E-state index is -0.446. The largest absolute Gasteiger partial charge is 0.444 e. The quantitative estimate of drug-likeness (QED) is 0.866. The molecule has 2 aliphatic heterocycles. The highest BCUT2D eigenvalue weighted by molar-refractivity contribution is 5.69. The maximum absolute atomic E-state index is 12.5. The van der Waals surface area contributed by atoms with Crippen LogP contribution < -0.4 is 5.32 Å². The summed E-state index contributed by atoms with van der Waals surface area (Å²) in [6.07, 6.45) is 2.09. The molecule has 2 heterocycles. The highest BCUT2D eigenvalue weighted by Crippen LogP contribution is 2.41. The third-order valence-corrected chi connectivity index (χ3v) is 4.67. The SMILES string of the molecule is CC(C)(C)OC(=O)N1C[C@H](c2ccccc2)[C@@]2(CCCN2)C1. The maximum atomic E-state index is 12.5. The summed E-state index contributed by atoms with van der Waals surface area (Å²) in [4.78, 5) is 14.3. The van der Waals surface area contributed by atoms with E-state index >= 15 is 0 Å². The topological polar surface area (TPSA) is 41.6 Å².